The number of nitrogens with one attached hydrogen (secondary N) is 2. The van der Waals surface area contributed by atoms with E-state index in [1.165, 1.54) is 6.07 Å². The number of nitrogens with two attached hydrogens (primary N) is 1. The van der Waals surface area contributed by atoms with Gasteiger partial charge in [0.1, 0.15) is 12.2 Å². The molecule has 7 nitrogen and oxygen atoms in total. The van der Waals surface area contributed by atoms with E-state index in [1.54, 1.807) is 12.1 Å². The Morgan fingerprint density at radius 2 is 1.00 bits per heavy atom. The van der Waals surface area contributed by atoms with Crippen molar-refractivity contribution in [3.05, 3.63) is 29.3 Å². The molecule has 0 amide bonds. The molecule has 0 bridgehead atoms. The third-order valence-corrected chi connectivity index (χ3v) is 6.28. The predicted molar refractivity (Wildman–Crippen MR) is 130 cm³/mol. The van der Waals surface area contributed by atoms with Gasteiger partial charge in [-0.15, -0.1) is 0 Å². The van der Waals surface area contributed by atoms with Crippen molar-refractivity contribution in [3.63, 3.8) is 0 Å². The molecule has 33 heavy (non-hydrogen) atoms. The van der Waals surface area contributed by atoms with Gasteiger partial charge in [0, 0.05) is 53.5 Å². The monoisotopic (exact) mass is 459 g/mol. The maximum absolute atomic E-state index is 13.0. The summed E-state index contributed by atoms with van der Waals surface area (Å²) in [6, 6.07) is 4.62. The number of anilines is 1. The molecule has 184 valence electrons. The summed E-state index contributed by atoms with van der Waals surface area (Å²) in [5, 5.41) is 7.16. The fraction of sp³-hybridized carbons (Fsp3) is 0.692. The van der Waals surface area contributed by atoms with Crippen molar-refractivity contribution >= 4 is 17.6 Å². The molecule has 2 heterocycles. The van der Waals surface area contributed by atoms with Crippen molar-refractivity contribution in [2.75, 3.05) is 5.73 Å². The Labute approximate surface area is 198 Å². The third-order valence-electron chi connectivity index (χ3n) is 6.28. The summed E-state index contributed by atoms with van der Waals surface area (Å²) in [7, 11) is 0. The van der Waals surface area contributed by atoms with Crippen LogP contribution in [-0.2, 0) is 9.47 Å². The minimum Gasteiger partial charge on any atom is -0.459 e. The Bertz CT molecular complexity index is 818. The zero-order valence-corrected chi connectivity index (χ0v) is 21.4. The average molecular weight is 460 g/mol. The zero-order valence-electron chi connectivity index (χ0n) is 21.4. The Hall–Kier alpha value is -2.12. The maximum atomic E-state index is 13.0. The van der Waals surface area contributed by atoms with Crippen LogP contribution in [0.3, 0.4) is 0 Å². The Morgan fingerprint density at radius 1 is 0.697 bits per heavy atom. The molecule has 0 aliphatic carbocycles. The fourth-order valence-corrected chi connectivity index (χ4v) is 5.95. The highest BCUT2D eigenvalue weighted by Gasteiger charge is 2.40. The Kier molecular flexibility index (Phi) is 6.63. The lowest BCUT2D eigenvalue weighted by atomic mass is 9.81. The largest absolute Gasteiger partial charge is 0.459 e. The summed E-state index contributed by atoms with van der Waals surface area (Å²) in [6.07, 6.45) is 2.39. The van der Waals surface area contributed by atoms with Crippen molar-refractivity contribution in [1.29, 1.82) is 0 Å². The van der Waals surface area contributed by atoms with E-state index >= 15 is 0 Å². The summed E-state index contributed by atoms with van der Waals surface area (Å²) in [5.74, 6) is -0.946. The molecule has 1 aromatic rings. The average Bonchev–Trinajstić information content (AvgIpc) is 2.55. The van der Waals surface area contributed by atoms with Crippen molar-refractivity contribution < 1.29 is 19.1 Å². The van der Waals surface area contributed by atoms with Crippen molar-refractivity contribution in [1.82, 2.24) is 10.6 Å². The summed E-state index contributed by atoms with van der Waals surface area (Å²) in [5.41, 5.74) is 6.32. The van der Waals surface area contributed by atoms with E-state index < -0.39 is 11.9 Å². The second-order valence-corrected chi connectivity index (χ2v) is 12.5. The summed E-state index contributed by atoms with van der Waals surface area (Å²) in [4.78, 5) is 25.9. The van der Waals surface area contributed by atoms with Crippen LogP contribution in [0.2, 0.25) is 0 Å². The fourth-order valence-electron chi connectivity index (χ4n) is 5.95. The third kappa shape index (κ3) is 6.93. The van der Waals surface area contributed by atoms with Crippen molar-refractivity contribution in [3.8, 4) is 0 Å². The number of carbonyl (C=O) groups is 2. The van der Waals surface area contributed by atoms with Crippen LogP contribution in [0, 0.1) is 0 Å². The number of carbonyl (C=O) groups excluding carboxylic acids is 2. The topological polar surface area (TPSA) is 103 Å². The number of ether oxygens (including phenoxy) is 2. The van der Waals surface area contributed by atoms with Crippen molar-refractivity contribution in [2.24, 2.45) is 0 Å². The van der Waals surface area contributed by atoms with Crippen LogP contribution >= 0.6 is 0 Å². The van der Waals surface area contributed by atoms with Gasteiger partial charge in [0.05, 0.1) is 11.1 Å². The first-order valence-electron chi connectivity index (χ1n) is 11.9. The van der Waals surface area contributed by atoms with Crippen molar-refractivity contribution in [2.45, 2.75) is 115 Å². The predicted octanol–water partition coefficient (Wildman–Crippen LogP) is 4.20. The highest BCUT2D eigenvalue weighted by atomic mass is 16.5. The number of benzene rings is 1. The SMILES string of the molecule is CC1(C)CC(OC(=O)c2cc(N)cc(C(=O)OC3CC(C)(C)NC(C)(C)C3)c2)CC(C)(C)N1. The minimum atomic E-state index is -0.473. The zero-order chi connectivity index (χ0) is 24.8. The van der Waals surface area contributed by atoms with Crippen LogP contribution in [0.25, 0.3) is 0 Å². The number of piperidine rings is 2. The van der Waals surface area contributed by atoms with Gasteiger partial charge in [0.2, 0.25) is 0 Å². The molecule has 7 heteroatoms. The first-order chi connectivity index (χ1) is 14.9. The first kappa shape index (κ1) is 25.5. The molecule has 2 saturated heterocycles. The van der Waals surface area contributed by atoms with E-state index in [4.69, 9.17) is 15.2 Å². The van der Waals surface area contributed by atoms with Crippen LogP contribution in [0.15, 0.2) is 18.2 Å². The van der Waals surface area contributed by atoms with E-state index in [1.807, 2.05) is 0 Å². The molecule has 0 saturated carbocycles. The second-order valence-electron chi connectivity index (χ2n) is 12.5. The highest BCUT2D eigenvalue weighted by Crippen LogP contribution is 2.32. The number of nitrogen functional groups attached to an aromatic ring is 1. The van der Waals surface area contributed by atoms with Crippen LogP contribution in [0.1, 0.15) is 102 Å². The molecule has 4 N–H and O–H groups in total. The molecule has 2 fully saturated rings. The van der Waals surface area contributed by atoms with Gasteiger partial charge in [0.15, 0.2) is 0 Å². The smallest absolute Gasteiger partial charge is 0.338 e. The summed E-state index contributed by atoms with van der Waals surface area (Å²) < 4.78 is 11.7. The standard InChI is InChI=1S/C26H41N3O4/c1-23(2)12-19(13-24(3,4)28-23)32-21(30)16-9-17(11-18(27)10-16)22(31)33-20-14-25(5,6)29-26(7,8)15-20/h9-11,19-20,28-29H,12-15,27H2,1-8H3. The van der Waals surface area contributed by atoms with E-state index in [2.05, 4.69) is 66.0 Å². The van der Waals surface area contributed by atoms with Gasteiger partial charge in [-0.05, 0) is 73.6 Å². The first-order valence-corrected chi connectivity index (χ1v) is 11.9. The number of esters is 2. The molecule has 2 aliphatic rings. The van der Waals surface area contributed by atoms with Crippen LogP contribution in [0.4, 0.5) is 5.69 Å². The number of hydrogen-bond acceptors (Lipinski definition) is 7. The summed E-state index contributed by atoms with van der Waals surface area (Å²) in [6.45, 7) is 16.8. The van der Waals surface area contributed by atoms with E-state index in [-0.39, 0.29) is 45.5 Å². The van der Waals surface area contributed by atoms with Gasteiger partial charge in [-0.1, -0.05) is 0 Å². The molecule has 0 aromatic heterocycles. The molecule has 0 unspecified atom stereocenters. The molecule has 2 aliphatic heterocycles. The van der Waals surface area contributed by atoms with Gasteiger partial charge in [-0.3, -0.25) is 0 Å². The second kappa shape index (κ2) is 8.58. The van der Waals surface area contributed by atoms with Crippen LogP contribution < -0.4 is 16.4 Å². The molecule has 0 spiro atoms. The molecular formula is C26H41N3O4. The van der Waals surface area contributed by atoms with E-state index in [9.17, 15) is 9.59 Å². The summed E-state index contributed by atoms with van der Waals surface area (Å²) >= 11 is 0. The van der Waals surface area contributed by atoms with Gasteiger partial charge >= 0.3 is 11.9 Å². The lowest BCUT2D eigenvalue weighted by molar-refractivity contribution is -0.00684. The van der Waals surface area contributed by atoms with Gasteiger partial charge < -0.3 is 25.8 Å². The van der Waals surface area contributed by atoms with Gasteiger partial charge in [-0.2, -0.15) is 0 Å². The minimum absolute atomic E-state index is 0.145. The lowest BCUT2D eigenvalue weighted by Crippen LogP contribution is -2.59. The van der Waals surface area contributed by atoms with Crippen LogP contribution in [-0.4, -0.2) is 46.3 Å². The highest BCUT2D eigenvalue weighted by molar-refractivity contribution is 5.97. The van der Waals surface area contributed by atoms with Crippen LogP contribution in [0.5, 0.6) is 0 Å². The molecule has 1 aromatic carbocycles. The molecule has 3 rings (SSSR count). The maximum Gasteiger partial charge on any atom is 0.338 e. The number of hydrogen-bond donors (Lipinski definition) is 3. The lowest BCUT2D eigenvalue weighted by Gasteiger charge is -2.45. The van der Waals surface area contributed by atoms with E-state index in [0.29, 0.717) is 31.4 Å². The van der Waals surface area contributed by atoms with E-state index in [0.717, 1.165) is 0 Å². The quantitative estimate of drug-likeness (QED) is 0.458. The normalized spacial score (nSPS) is 24.1. The van der Waals surface area contributed by atoms with Gasteiger partial charge in [0.25, 0.3) is 0 Å². The molecule has 0 radical (unpaired) electrons. The Morgan fingerprint density at radius 3 is 1.30 bits per heavy atom. The van der Waals surface area contributed by atoms with Gasteiger partial charge in [-0.25, -0.2) is 9.59 Å². The molecular weight excluding hydrogens is 418 g/mol. The number of rotatable bonds is 4. The Balaban J connectivity index is 1.72. The molecule has 0 atom stereocenters.